The monoisotopic (exact) mass is 455 g/mol. The summed E-state index contributed by atoms with van der Waals surface area (Å²) in [6.45, 7) is 2.85. The summed E-state index contributed by atoms with van der Waals surface area (Å²) >= 11 is 1.51. The number of nitrogens with one attached hydrogen (secondary N) is 1. The van der Waals surface area contributed by atoms with Crippen LogP contribution in [0.4, 0.5) is 14.7 Å². The molecule has 0 radical (unpaired) electrons. The molecule has 1 atom stereocenters. The first kappa shape index (κ1) is 20.9. The topological polar surface area (TPSA) is 71.0 Å². The molecule has 166 valence electrons. The van der Waals surface area contributed by atoms with Crippen molar-refractivity contribution in [2.75, 3.05) is 18.4 Å². The van der Waals surface area contributed by atoms with Gasteiger partial charge in [-0.15, -0.1) is 11.3 Å². The number of carbonyl (C=O) groups is 1. The van der Waals surface area contributed by atoms with Crippen molar-refractivity contribution in [2.24, 2.45) is 5.41 Å². The summed E-state index contributed by atoms with van der Waals surface area (Å²) < 4.78 is 26.9. The molecule has 1 amide bonds. The van der Waals surface area contributed by atoms with E-state index in [-0.39, 0.29) is 23.3 Å². The SMILES string of the molecule is Cc1nc(C(=O)N2CCC3(CC3)C[C@H]2CNc2nc(F)cc(F)n2)c(-c2ccccc2)s1. The summed E-state index contributed by atoms with van der Waals surface area (Å²) in [6, 6.07) is 10.3. The van der Waals surface area contributed by atoms with Gasteiger partial charge in [0.2, 0.25) is 17.8 Å². The van der Waals surface area contributed by atoms with Gasteiger partial charge in [-0.25, -0.2) is 4.98 Å². The first-order chi connectivity index (χ1) is 15.4. The Hall–Kier alpha value is -2.94. The van der Waals surface area contributed by atoms with Crippen molar-refractivity contribution in [2.45, 2.75) is 38.6 Å². The molecule has 0 bridgehead atoms. The molecule has 5 rings (SSSR count). The zero-order valence-corrected chi connectivity index (χ0v) is 18.5. The fourth-order valence-electron chi connectivity index (χ4n) is 4.50. The Morgan fingerprint density at radius 1 is 1.16 bits per heavy atom. The van der Waals surface area contributed by atoms with Crippen LogP contribution in [0.15, 0.2) is 36.4 Å². The van der Waals surface area contributed by atoms with Gasteiger partial charge in [-0.3, -0.25) is 4.79 Å². The maximum absolute atomic E-state index is 13.7. The van der Waals surface area contributed by atoms with E-state index in [1.54, 1.807) is 0 Å². The van der Waals surface area contributed by atoms with Crippen molar-refractivity contribution in [1.29, 1.82) is 0 Å². The summed E-state index contributed by atoms with van der Waals surface area (Å²) in [5.74, 6) is -2.08. The number of halogens is 2. The van der Waals surface area contributed by atoms with Gasteiger partial charge in [0.25, 0.3) is 5.91 Å². The van der Waals surface area contributed by atoms with Gasteiger partial charge in [0, 0.05) is 25.2 Å². The summed E-state index contributed by atoms with van der Waals surface area (Å²) in [5.41, 5.74) is 1.70. The van der Waals surface area contributed by atoms with E-state index < -0.39 is 11.9 Å². The third-order valence-corrected chi connectivity index (χ3v) is 7.36. The predicted molar refractivity (Wildman–Crippen MR) is 118 cm³/mol. The van der Waals surface area contributed by atoms with Crippen molar-refractivity contribution < 1.29 is 13.6 Å². The van der Waals surface area contributed by atoms with Gasteiger partial charge in [-0.2, -0.15) is 18.7 Å². The van der Waals surface area contributed by atoms with Gasteiger partial charge in [0.1, 0.15) is 5.69 Å². The van der Waals surface area contributed by atoms with E-state index in [1.807, 2.05) is 42.2 Å². The molecule has 1 N–H and O–H groups in total. The van der Waals surface area contributed by atoms with E-state index in [9.17, 15) is 13.6 Å². The number of anilines is 1. The van der Waals surface area contributed by atoms with Gasteiger partial charge in [0.15, 0.2) is 0 Å². The predicted octanol–water partition coefficient (Wildman–Crippen LogP) is 4.68. The number of rotatable bonds is 5. The first-order valence-corrected chi connectivity index (χ1v) is 11.5. The van der Waals surface area contributed by atoms with Crippen LogP contribution in [-0.4, -0.2) is 44.9 Å². The lowest BCUT2D eigenvalue weighted by atomic mass is 9.87. The third kappa shape index (κ3) is 4.21. The molecule has 6 nitrogen and oxygen atoms in total. The number of aromatic nitrogens is 3. The molecule has 1 aliphatic heterocycles. The minimum absolute atomic E-state index is 0.109. The van der Waals surface area contributed by atoms with Crippen molar-refractivity contribution >= 4 is 23.2 Å². The molecular weight excluding hydrogens is 432 g/mol. The molecule has 9 heteroatoms. The molecule has 2 aromatic heterocycles. The lowest BCUT2D eigenvalue weighted by Gasteiger charge is -2.40. The number of carbonyl (C=O) groups excluding carboxylic acids is 1. The van der Waals surface area contributed by atoms with E-state index in [0.717, 1.165) is 41.1 Å². The number of likely N-dealkylation sites (tertiary alicyclic amines) is 1. The molecule has 1 saturated heterocycles. The molecule has 1 aromatic carbocycles. The highest BCUT2D eigenvalue weighted by Gasteiger charge is 2.49. The van der Waals surface area contributed by atoms with Crippen LogP contribution in [0.25, 0.3) is 10.4 Å². The Balaban J connectivity index is 1.40. The molecule has 3 heterocycles. The van der Waals surface area contributed by atoms with Gasteiger partial charge >= 0.3 is 0 Å². The quantitative estimate of drug-likeness (QED) is 0.566. The zero-order chi connectivity index (χ0) is 22.3. The van der Waals surface area contributed by atoms with Gasteiger partial charge in [-0.05, 0) is 43.6 Å². The van der Waals surface area contributed by atoms with Crippen LogP contribution >= 0.6 is 11.3 Å². The molecule has 1 spiro atoms. The Kier molecular flexibility index (Phi) is 5.36. The minimum Gasteiger partial charge on any atom is -0.352 e. The van der Waals surface area contributed by atoms with Gasteiger partial charge in [0.05, 0.1) is 9.88 Å². The maximum Gasteiger partial charge on any atom is 0.274 e. The number of aryl methyl sites for hydroxylation is 1. The average molecular weight is 456 g/mol. The zero-order valence-electron chi connectivity index (χ0n) is 17.6. The van der Waals surface area contributed by atoms with Crippen LogP contribution < -0.4 is 5.32 Å². The fraction of sp³-hybridized carbons (Fsp3) is 0.391. The van der Waals surface area contributed by atoms with Crippen LogP contribution in [0.2, 0.25) is 0 Å². The summed E-state index contributed by atoms with van der Waals surface area (Å²) in [4.78, 5) is 28.2. The van der Waals surface area contributed by atoms with Crippen LogP contribution in [0, 0.1) is 24.2 Å². The second-order valence-corrected chi connectivity index (χ2v) is 9.80. The molecule has 0 unspecified atom stereocenters. The molecule has 2 fully saturated rings. The van der Waals surface area contributed by atoms with Gasteiger partial charge in [-0.1, -0.05) is 30.3 Å². The van der Waals surface area contributed by atoms with Crippen LogP contribution in [0.3, 0.4) is 0 Å². The fourth-order valence-corrected chi connectivity index (χ4v) is 5.42. The molecule has 32 heavy (non-hydrogen) atoms. The Morgan fingerprint density at radius 3 is 2.56 bits per heavy atom. The van der Waals surface area contributed by atoms with Crippen LogP contribution in [0.1, 0.15) is 41.2 Å². The minimum atomic E-state index is -0.930. The number of thiazole rings is 1. The summed E-state index contributed by atoms with van der Waals surface area (Å²) in [7, 11) is 0. The van der Waals surface area contributed by atoms with Crippen LogP contribution in [0.5, 0.6) is 0 Å². The van der Waals surface area contributed by atoms with Crippen molar-refractivity contribution in [3.8, 4) is 10.4 Å². The first-order valence-electron chi connectivity index (χ1n) is 10.7. The summed E-state index contributed by atoms with van der Waals surface area (Å²) in [5, 5.41) is 3.77. The number of piperidine rings is 1. The normalized spacial score (nSPS) is 19.2. The van der Waals surface area contributed by atoms with Crippen molar-refractivity contribution in [3.63, 3.8) is 0 Å². The van der Waals surface area contributed by atoms with E-state index >= 15 is 0 Å². The number of amides is 1. The van der Waals surface area contributed by atoms with E-state index in [4.69, 9.17) is 0 Å². The maximum atomic E-state index is 13.7. The van der Waals surface area contributed by atoms with E-state index in [2.05, 4.69) is 20.3 Å². The second-order valence-electron chi connectivity index (χ2n) is 8.60. The van der Waals surface area contributed by atoms with Crippen molar-refractivity contribution in [3.05, 3.63) is 59.0 Å². The number of hydrogen-bond acceptors (Lipinski definition) is 6. The number of benzene rings is 1. The second kappa shape index (κ2) is 8.20. The molecule has 1 aliphatic carbocycles. The lowest BCUT2D eigenvalue weighted by Crippen LogP contribution is -2.50. The number of hydrogen-bond donors (Lipinski definition) is 1. The average Bonchev–Trinajstić information content (AvgIpc) is 3.40. The Bertz CT molecular complexity index is 1130. The van der Waals surface area contributed by atoms with Crippen LogP contribution in [-0.2, 0) is 0 Å². The largest absolute Gasteiger partial charge is 0.352 e. The standard InChI is InChI=1S/C23H23F2N5OS/c1-14-27-19(20(32-14)15-5-3-2-4-6-15)21(31)30-10-9-23(7-8-23)12-16(30)13-26-22-28-17(24)11-18(25)29-22/h2-6,11,16H,7-10,12-13H2,1H3,(H,26,28,29)/t16-/m0/s1. The smallest absolute Gasteiger partial charge is 0.274 e. The Labute approximate surface area is 188 Å². The molecule has 1 saturated carbocycles. The highest BCUT2D eigenvalue weighted by atomic mass is 32.1. The highest BCUT2D eigenvalue weighted by Crippen LogP contribution is 2.55. The molecule has 3 aromatic rings. The van der Waals surface area contributed by atoms with Crippen molar-refractivity contribution in [1.82, 2.24) is 19.9 Å². The van der Waals surface area contributed by atoms with Gasteiger partial charge < -0.3 is 10.2 Å². The molecular formula is C23H23F2N5OS. The highest BCUT2D eigenvalue weighted by molar-refractivity contribution is 7.15. The lowest BCUT2D eigenvalue weighted by molar-refractivity contribution is 0.0541. The summed E-state index contributed by atoms with van der Waals surface area (Å²) in [6.07, 6.45) is 4.11. The molecule has 2 aliphatic rings. The van der Waals surface area contributed by atoms with E-state index in [1.165, 1.54) is 11.3 Å². The third-order valence-electron chi connectivity index (χ3n) is 6.34. The Morgan fingerprint density at radius 2 is 1.88 bits per heavy atom. The number of nitrogens with zero attached hydrogens (tertiary/aromatic N) is 4. The van der Waals surface area contributed by atoms with E-state index in [0.29, 0.717) is 24.8 Å².